The van der Waals surface area contributed by atoms with Crippen LogP contribution >= 0.6 is 23.2 Å². The Kier molecular flexibility index (Phi) is 5.90. The van der Waals surface area contributed by atoms with Crippen LogP contribution in [0.1, 0.15) is 5.56 Å². The number of halogens is 2. The van der Waals surface area contributed by atoms with Crippen molar-refractivity contribution in [3.63, 3.8) is 0 Å². The van der Waals surface area contributed by atoms with Crippen molar-refractivity contribution in [1.29, 1.82) is 0 Å². The van der Waals surface area contributed by atoms with Gasteiger partial charge in [-0.2, -0.15) is 0 Å². The molecule has 0 radical (unpaired) electrons. The Labute approximate surface area is 144 Å². The molecule has 23 heavy (non-hydrogen) atoms. The molecule has 0 fully saturated rings. The number of carbonyl (C=O) groups excluding carboxylic acids is 1. The number of ether oxygens (including phenoxy) is 2. The summed E-state index contributed by atoms with van der Waals surface area (Å²) in [6.45, 7) is 0. The second kappa shape index (κ2) is 7.90. The van der Waals surface area contributed by atoms with Gasteiger partial charge in [-0.05, 0) is 23.8 Å². The van der Waals surface area contributed by atoms with Crippen LogP contribution in [0.3, 0.4) is 0 Å². The minimum absolute atomic E-state index is 0.303. The van der Waals surface area contributed by atoms with Gasteiger partial charge in [-0.25, -0.2) is 0 Å². The summed E-state index contributed by atoms with van der Waals surface area (Å²) in [6.07, 6.45) is 3.11. The van der Waals surface area contributed by atoms with E-state index in [4.69, 9.17) is 32.7 Å². The third kappa shape index (κ3) is 4.65. The average Bonchev–Trinajstić information content (AvgIpc) is 2.55. The summed E-state index contributed by atoms with van der Waals surface area (Å²) in [5.74, 6) is 0.594. The second-order valence-corrected chi connectivity index (χ2v) is 5.40. The van der Waals surface area contributed by atoms with Crippen molar-refractivity contribution in [1.82, 2.24) is 0 Å². The van der Waals surface area contributed by atoms with Gasteiger partial charge < -0.3 is 14.8 Å². The van der Waals surface area contributed by atoms with Crippen molar-refractivity contribution < 1.29 is 14.3 Å². The first kappa shape index (κ1) is 17.2. The molecular formula is C17H15Cl2NO3. The highest BCUT2D eigenvalue weighted by Gasteiger charge is 2.11. The van der Waals surface area contributed by atoms with E-state index in [1.807, 2.05) is 12.1 Å². The van der Waals surface area contributed by atoms with E-state index in [9.17, 15) is 4.79 Å². The quantitative estimate of drug-likeness (QED) is 0.796. The largest absolute Gasteiger partial charge is 0.495 e. The average molecular weight is 352 g/mol. The predicted octanol–water partition coefficient (Wildman–Crippen LogP) is 4.66. The summed E-state index contributed by atoms with van der Waals surface area (Å²) in [6, 6.07) is 10.3. The summed E-state index contributed by atoms with van der Waals surface area (Å²) in [5.41, 5.74) is 1.34. The fraction of sp³-hybridized carbons (Fsp3) is 0.118. The zero-order chi connectivity index (χ0) is 16.8. The van der Waals surface area contributed by atoms with E-state index in [2.05, 4.69) is 5.32 Å². The van der Waals surface area contributed by atoms with Gasteiger partial charge in [0.2, 0.25) is 5.91 Å². The number of hydrogen-bond acceptors (Lipinski definition) is 3. The van der Waals surface area contributed by atoms with Gasteiger partial charge >= 0.3 is 0 Å². The van der Waals surface area contributed by atoms with Crippen LogP contribution in [0.25, 0.3) is 6.08 Å². The van der Waals surface area contributed by atoms with Gasteiger partial charge in [-0.3, -0.25) is 4.79 Å². The van der Waals surface area contributed by atoms with Crippen LogP contribution in [-0.2, 0) is 4.79 Å². The van der Waals surface area contributed by atoms with E-state index in [0.29, 0.717) is 27.2 Å². The highest BCUT2D eigenvalue weighted by atomic mass is 35.5. The zero-order valence-electron chi connectivity index (χ0n) is 12.6. The summed E-state index contributed by atoms with van der Waals surface area (Å²) in [5, 5.41) is 3.77. The molecular weight excluding hydrogens is 337 g/mol. The Morgan fingerprint density at radius 1 is 1.04 bits per heavy atom. The van der Waals surface area contributed by atoms with E-state index in [1.165, 1.54) is 20.3 Å². The van der Waals surface area contributed by atoms with Crippen LogP contribution in [0.2, 0.25) is 10.0 Å². The van der Waals surface area contributed by atoms with Crippen LogP contribution in [0.4, 0.5) is 5.69 Å². The molecule has 0 heterocycles. The fourth-order valence-electron chi connectivity index (χ4n) is 1.88. The lowest BCUT2D eigenvalue weighted by Gasteiger charge is -2.12. The topological polar surface area (TPSA) is 47.6 Å². The molecule has 2 aromatic carbocycles. The molecule has 2 rings (SSSR count). The van der Waals surface area contributed by atoms with Crippen LogP contribution in [0, 0.1) is 0 Å². The molecule has 6 heteroatoms. The molecule has 0 bridgehead atoms. The van der Waals surface area contributed by atoms with Crippen molar-refractivity contribution in [2.75, 3.05) is 19.5 Å². The molecule has 0 aliphatic carbocycles. The smallest absolute Gasteiger partial charge is 0.248 e. The highest BCUT2D eigenvalue weighted by Crippen LogP contribution is 2.35. The van der Waals surface area contributed by atoms with Crippen molar-refractivity contribution in [3.05, 3.63) is 58.1 Å². The number of nitrogens with one attached hydrogen (secondary N) is 1. The van der Waals surface area contributed by atoms with E-state index in [-0.39, 0.29) is 5.91 Å². The van der Waals surface area contributed by atoms with Crippen LogP contribution in [-0.4, -0.2) is 20.1 Å². The Balaban J connectivity index is 2.14. The summed E-state index contributed by atoms with van der Waals surface area (Å²) in [4.78, 5) is 12.1. The van der Waals surface area contributed by atoms with Crippen molar-refractivity contribution in [2.24, 2.45) is 0 Å². The molecule has 0 saturated heterocycles. The SMILES string of the molecule is COc1cc(NC(=O)/C=C/c2ccc(Cl)cc2)c(OC)cc1Cl. The number of amides is 1. The number of carbonyl (C=O) groups is 1. The first-order chi connectivity index (χ1) is 11.0. The lowest BCUT2D eigenvalue weighted by atomic mass is 10.2. The van der Waals surface area contributed by atoms with Gasteiger partial charge in [-0.15, -0.1) is 0 Å². The Morgan fingerprint density at radius 2 is 1.70 bits per heavy atom. The molecule has 0 spiro atoms. The van der Waals surface area contributed by atoms with Crippen LogP contribution in [0.15, 0.2) is 42.5 Å². The number of hydrogen-bond donors (Lipinski definition) is 1. The molecule has 0 aromatic heterocycles. The third-order valence-electron chi connectivity index (χ3n) is 3.03. The fourth-order valence-corrected chi connectivity index (χ4v) is 2.24. The minimum Gasteiger partial charge on any atom is -0.495 e. The first-order valence-corrected chi connectivity index (χ1v) is 7.45. The Morgan fingerprint density at radius 3 is 2.30 bits per heavy atom. The summed E-state index contributed by atoms with van der Waals surface area (Å²) < 4.78 is 10.3. The zero-order valence-corrected chi connectivity index (χ0v) is 14.1. The Bertz CT molecular complexity index is 727. The number of benzene rings is 2. The molecule has 2 aromatic rings. The minimum atomic E-state index is -0.303. The molecule has 1 N–H and O–H groups in total. The van der Waals surface area contributed by atoms with Gasteiger partial charge in [-0.1, -0.05) is 35.3 Å². The highest BCUT2D eigenvalue weighted by molar-refractivity contribution is 6.32. The molecule has 0 aliphatic rings. The van der Waals surface area contributed by atoms with Gasteiger partial charge in [0.15, 0.2) is 0 Å². The number of anilines is 1. The molecule has 120 valence electrons. The molecule has 1 amide bonds. The predicted molar refractivity (Wildman–Crippen MR) is 93.7 cm³/mol. The van der Waals surface area contributed by atoms with Gasteiger partial charge in [0.1, 0.15) is 11.5 Å². The van der Waals surface area contributed by atoms with Crippen molar-refractivity contribution in [2.45, 2.75) is 0 Å². The molecule has 0 aliphatic heterocycles. The van der Waals surface area contributed by atoms with Crippen molar-refractivity contribution in [3.8, 4) is 11.5 Å². The van der Waals surface area contributed by atoms with Crippen molar-refractivity contribution >= 4 is 40.9 Å². The summed E-state index contributed by atoms with van der Waals surface area (Å²) >= 11 is 11.8. The molecule has 4 nitrogen and oxygen atoms in total. The maximum atomic E-state index is 12.1. The third-order valence-corrected chi connectivity index (χ3v) is 3.58. The molecule has 0 unspecified atom stereocenters. The van der Waals surface area contributed by atoms with Gasteiger partial charge in [0.25, 0.3) is 0 Å². The normalized spacial score (nSPS) is 10.6. The lowest BCUT2D eigenvalue weighted by molar-refractivity contribution is -0.111. The van der Waals surface area contributed by atoms with E-state index >= 15 is 0 Å². The lowest BCUT2D eigenvalue weighted by Crippen LogP contribution is -2.09. The maximum absolute atomic E-state index is 12.1. The first-order valence-electron chi connectivity index (χ1n) is 6.69. The van der Waals surface area contributed by atoms with E-state index < -0.39 is 0 Å². The van der Waals surface area contributed by atoms with Crippen LogP contribution in [0.5, 0.6) is 11.5 Å². The van der Waals surface area contributed by atoms with E-state index in [1.54, 1.807) is 30.3 Å². The van der Waals surface area contributed by atoms with Gasteiger partial charge in [0, 0.05) is 23.2 Å². The summed E-state index contributed by atoms with van der Waals surface area (Å²) in [7, 11) is 3.00. The second-order valence-electron chi connectivity index (χ2n) is 4.56. The maximum Gasteiger partial charge on any atom is 0.248 e. The number of rotatable bonds is 5. The number of methoxy groups -OCH3 is 2. The monoisotopic (exact) mass is 351 g/mol. The molecule has 0 atom stereocenters. The van der Waals surface area contributed by atoms with Crippen LogP contribution < -0.4 is 14.8 Å². The van der Waals surface area contributed by atoms with E-state index in [0.717, 1.165) is 5.56 Å². The standard InChI is InChI=1S/C17H15Cl2NO3/c1-22-15-10-14(16(23-2)9-13(15)19)20-17(21)8-5-11-3-6-12(18)7-4-11/h3-10H,1-2H3,(H,20,21)/b8-5+. The van der Waals surface area contributed by atoms with Gasteiger partial charge in [0.05, 0.1) is 24.9 Å². The molecule has 0 saturated carbocycles. The Hall–Kier alpha value is -2.17.